The predicted molar refractivity (Wildman–Crippen MR) is 68.1 cm³/mol. The SMILES string of the molecule is CCCCCCOCc1ccc(F)cc1CN. The van der Waals surface area contributed by atoms with Gasteiger partial charge in [-0.2, -0.15) is 0 Å². The van der Waals surface area contributed by atoms with Crippen LogP contribution >= 0.6 is 0 Å². The van der Waals surface area contributed by atoms with E-state index < -0.39 is 0 Å². The Morgan fingerprint density at radius 3 is 2.71 bits per heavy atom. The first-order valence-corrected chi connectivity index (χ1v) is 6.33. The second kappa shape index (κ2) is 8.20. The Balaban J connectivity index is 2.31. The molecule has 0 spiro atoms. The molecule has 1 aromatic rings. The molecule has 0 aliphatic rings. The molecule has 1 aromatic carbocycles. The van der Waals surface area contributed by atoms with E-state index in [1.165, 1.54) is 31.4 Å². The molecule has 0 heterocycles. The van der Waals surface area contributed by atoms with Crippen molar-refractivity contribution in [3.05, 3.63) is 35.1 Å². The number of benzene rings is 1. The van der Waals surface area contributed by atoms with Crippen molar-refractivity contribution in [1.29, 1.82) is 0 Å². The fourth-order valence-electron chi connectivity index (χ4n) is 1.74. The molecule has 0 saturated heterocycles. The van der Waals surface area contributed by atoms with E-state index in [0.29, 0.717) is 13.2 Å². The van der Waals surface area contributed by atoms with Crippen LogP contribution in [0.5, 0.6) is 0 Å². The zero-order valence-corrected chi connectivity index (χ0v) is 10.5. The average Bonchev–Trinajstić information content (AvgIpc) is 2.35. The highest BCUT2D eigenvalue weighted by Crippen LogP contribution is 2.12. The fourth-order valence-corrected chi connectivity index (χ4v) is 1.74. The van der Waals surface area contributed by atoms with Gasteiger partial charge in [0.25, 0.3) is 0 Å². The van der Waals surface area contributed by atoms with Gasteiger partial charge in [-0.05, 0) is 29.7 Å². The lowest BCUT2D eigenvalue weighted by Gasteiger charge is -2.08. The van der Waals surface area contributed by atoms with E-state index in [1.807, 2.05) is 0 Å². The molecule has 2 N–H and O–H groups in total. The second-order valence-corrected chi connectivity index (χ2v) is 4.23. The van der Waals surface area contributed by atoms with Gasteiger partial charge in [0, 0.05) is 13.2 Å². The van der Waals surface area contributed by atoms with Crippen molar-refractivity contribution in [2.24, 2.45) is 5.73 Å². The summed E-state index contributed by atoms with van der Waals surface area (Å²) in [6.45, 7) is 3.83. The van der Waals surface area contributed by atoms with Gasteiger partial charge in [-0.3, -0.25) is 0 Å². The first kappa shape index (κ1) is 14.1. The van der Waals surface area contributed by atoms with E-state index in [4.69, 9.17) is 10.5 Å². The number of nitrogens with two attached hydrogens (primary N) is 1. The lowest BCUT2D eigenvalue weighted by molar-refractivity contribution is 0.116. The highest BCUT2D eigenvalue weighted by molar-refractivity contribution is 5.27. The van der Waals surface area contributed by atoms with Crippen molar-refractivity contribution in [1.82, 2.24) is 0 Å². The number of ether oxygens (including phenoxy) is 1. The fraction of sp³-hybridized carbons (Fsp3) is 0.571. The summed E-state index contributed by atoms with van der Waals surface area (Å²) < 4.78 is 18.5. The molecule has 0 saturated carbocycles. The van der Waals surface area contributed by atoms with E-state index in [1.54, 1.807) is 6.07 Å². The minimum absolute atomic E-state index is 0.239. The van der Waals surface area contributed by atoms with E-state index in [0.717, 1.165) is 24.2 Å². The molecule has 96 valence electrons. The normalized spacial score (nSPS) is 10.8. The van der Waals surface area contributed by atoms with Gasteiger partial charge < -0.3 is 10.5 Å². The molecule has 0 radical (unpaired) electrons. The maximum Gasteiger partial charge on any atom is 0.123 e. The van der Waals surface area contributed by atoms with Crippen LogP contribution in [-0.4, -0.2) is 6.61 Å². The summed E-state index contributed by atoms with van der Waals surface area (Å²) in [4.78, 5) is 0. The van der Waals surface area contributed by atoms with Crippen LogP contribution in [0.4, 0.5) is 4.39 Å². The van der Waals surface area contributed by atoms with Gasteiger partial charge in [0.15, 0.2) is 0 Å². The second-order valence-electron chi connectivity index (χ2n) is 4.23. The molecule has 0 aliphatic heterocycles. The lowest BCUT2D eigenvalue weighted by atomic mass is 10.1. The molecule has 3 heteroatoms. The third-order valence-corrected chi connectivity index (χ3v) is 2.79. The van der Waals surface area contributed by atoms with E-state index in [9.17, 15) is 4.39 Å². The molecule has 0 amide bonds. The van der Waals surface area contributed by atoms with Crippen LogP contribution in [0.25, 0.3) is 0 Å². The maximum atomic E-state index is 13.0. The van der Waals surface area contributed by atoms with Crippen LogP contribution in [0.1, 0.15) is 43.7 Å². The standard InChI is InChI=1S/C14H22FNO/c1-2-3-4-5-8-17-11-12-6-7-14(15)9-13(12)10-16/h6-7,9H,2-5,8,10-11,16H2,1H3. The van der Waals surface area contributed by atoms with Gasteiger partial charge in [-0.25, -0.2) is 4.39 Å². The van der Waals surface area contributed by atoms with Crippen LogP contribution < -0.4 is 5.73 Å². The summed E-state index contributed by atoms with van der Waals surface area (Å²) in [7, 11) is 0. The van der Waals surface area contributed by atoms with Gasteiger partial charge in [0.2, 0.25) is 0 Å². The van der Waals surface area contributed by atoms with Gasteiger partial charge in [0.05, 0.1) is 6.61 Å². The Bertz CT molecular complexity index is 328. The molecule has 0 unspecified atom stereocenters. The molecule has 0 atom stereocenters. The smallest absolute Gasteiger partial charge is 0.123 e. The number of halogens is 1. The van der Waals surface area contributed by atoms with Crippen molar-refractivity contribution in [3.8, 4) is 0 Å². The first-order valence-electron chi connectivity index (χ1n) is 6.33. The molecule has 0 bridgehead atoms. The third-order valence-electron chi connectivity index (χ3n) is 2.79. The van der Waals surface area contributed by atoms with Gasteiger partial charge in [-0.15, -0.1) is 0 Å². The highest BCUT2D eigenvalue weighted by Gasteiger charge is 2.02. The van der Waals surface area contributed by atoms with Gasteiger partial charge in [0.1, 0.15) is 5.82 Å². The van der Waals surface area contributed by atoms with Crippen LogP contribution in [0, 0.1) is 5.82 Å². The van der Waals surface area contributed by atoms with E-state index >= 15 is 0 Å². The topological polar surface area (TPSA) is 35.2 Å². The monoisotopic (exact) mass is 239 g/mol. The highest BCUT2D eigenvalue weighted by atomic mass is 19.1. The van der Waals surface area contributed by atoms with Crippen LogP contribution in [0.15, 0.2) is 18.2 Å². The van der Waals surface area contributed by atoms with Gasteiger partial charge in [-0.1, -0.05) is 32.3 Å². The Kier molecular flexibility index (Phi) is 6.82. The predicted octanol–water partition coefficient (Wildman–Crippen LogP) is 3.38. The molecule has 0 aromatic heterocycles. The lowest BCUT2D eigenvalue weighted by Crippen LogP contribution is -2.04. The van der Waals surface area contributed by atoms with Crippen molar-refractivity contribution in [2.75, 3.05) is 6.61 Å². The molecule has 0 fully saturated rings. The van der Waals surface area contributed by atoms with E-state index in [-0.39, 0.29) is 5.82 Å². The molecular weight excluding hydrogens is 217 g/mol. The molecule has 17 heavy (non-hydrogen) atoms. The van der Waals surface area contributed by atoms with Crippen LogP contribution in [-0.2, 0) is 17.9 Å². The zero-order valence-electron chi connectivity index (χ0n) is 10.5. The number of unbranched alkanes of at least 4 members (excludes halogenated alkanes) is 3. The third kappa shape index (κ3) is 5.29. The van der Waals surface area contributed by atoms with Gasteiger partial charge >= 0.3 is 0 Å². The minimum atomic E-state index is -0.239. The molecular formula is C14H22FNO. The zero-order chi connectivity index (χ0) is 12.5. The number of hydrogen-bond acceptors (Lipinski definition) is 2. The van der Waals surface area contributed by atoms with Crippen molar-refractivity contribution in [2.45, 2.75) is 45.8 Å². The Morgan fingerprint density at radius 2 is 2.00 bits per heavy atom. The molecule has 0 aliphatic carbocycles. The Labute approximate surface area is 103 Å². The summed E-state index contributed by atoms with van der Waals surface area (Å²) in [5, 5.41) is 0. The summed E-state index contributed by atoms with van der Waals surface area (Å²) in [5.74, 6) is -0.239. The minimum Gasteiger partial charge on any atom is -0.377 e. The quantitative estimate of drug-likeness (QED) is 0.706. The Morgan fingerprint density at radius 1 is 1.18 bits per heavy atom. The summed E-state index contributed by atoms with van der Waals surface area (Å²) in [5.41, 5.74) is 7.39. The molecule has 2 nitrogen and oxygen atoms in total. The van der Waals surface area contributed by atoms with Crippen molar-refractivity contribution in [3.63, 3.8) is 0 Å². The summed E-state index contributed by atoms with van der Waals surface area (Å²) in [6.07, 6.45) is 4.79. The Hall–Kier alpha value is -0.930. The first-order chi connectivity index (χ1) is 8.27. The van der Waals surface area contributed by atoms with Crippen LogP contribution in [0.2, 0.25) is 0 Å². The van der Waals surface area contributed by atoms with Crippen molar-refractivity contribution >= 4 is 0 Å². The molecule has 1 rings (SSSR count). The van der Waals surface area contributed by atoms with E-state index in [2.05, 4.69) is 6.92 Å². The maximum absolute atomic E-state index is 13.0. The van der Waals surface area contributed by atoms with Crippen LogP contribution in [0.3, 0.4) is 0 Å². The number of rotatable bonds is 8. The summed E-state index contributed by atoms with van der Waals surface area (Å²) in [6, 6.07) is 4.69. The van der Waals surface area contributed by atoms with Crippen molar-refractivity contribution < 1.29 is 9.13 Å². The number of hydrogen-bond donors (Lipinski definition) is 1. The average molecular weight is 239 g/mol. The summed E-state index contributed by atoms with van der Waals surface area (Å²) >= 11 is 0. The largest absolute Gasteiger partial charge is 0.377 e.